The maximum absolute atomic E-state index is 10.1. The molecule has 0 aliphatic carbocycles. The molecule has 0 atom stereocenters. The van der Waals surface area contributed by atoms with Crippen LogP contribution >= 0.6 is 0 Å². The van der Waals surface area contributed by atoms with Crippen molar-refractivity contribution in [3.8, 4) is 0 Å². The summed E-state index contributed by atoms with van der Waals surface area (Å²) in [5.74, 6) is 0. The van der Waals surface area contributed by atoms with E-state index >= 15 is 0 Å². The van der Waals surface area contributed by atoms with Crippen LogP contribution in [0.3, 0.4) is 0 Å². The van der Waals surface area contributed by atoms with Crippen LogP contribution in [-0.4, -0.2) is 13.2 Å². The molecule has 0 rings (SSSR count). The van der Waals surface area contributed by atoms with Crippen molar-refractivity contribution in [3.05, 3.63) is 0 Å². The van der Waals surface area contributed by atoms with Crippen LogP contribution in [0.15, 0.2) is 0 Å². The molecule has 0 aliphatic rings. The van der Waals surface area contributed by atoms with Crippen LogP contribution in [0, 0.1) is 0 Å². The minimum absolute atomic E-state index is 0.104. The molecule has 0 amide bonds. The van der Waals surface area contributed by atoms with Crippen LogP contribution in [0.2, 0.25) is 0 Å². The zero-order valence-corrected chi connectivity index (χ0v) is 8.06. The van der Waals surface area contributed by atoms with E-state index in [-0.39, 0.29) is 6.61 Å². The Morgan fingerprint density at radius 3 is 1.50 bits per heavy atom. The summed E-state index contributed by atoms with van der Waals surface area (Å²) >= 11 is 0. The van der Waals surface area contributed by atoms with Gasteiger partial charge in [0.25, 0.3) is 0 Å². The van der Waals surface area contributed by atoms with Gasteiger partial charge in [0.05, 0.1) is 6.61 Å². The van der Waals surface area contributed by atoms with E-state index in [9.17, 15) is 5.11 Å². The number of unbranched alkanes of at least 4 members (excludes halogenated alkanes) is 7. The van der Waals surface area contributed by atoms with Crippen LogP contribution < -0.4 is 5.73 Å². The maximum Gasteiger partial charge on any atom is 0.0822 e. The third-order valence-corrected chi connectivity index (χ3v) is 2.10. The molecule has 73 valence electrons. The van der Waals surface area contributed by atoms with E-state index in [4.69, 9.17) is 5.73 Å². The Hall–Kier alpha value is -0.0800. The van der Waals surface area contributed by atoms with Crippen molar-refractivity contribution in [1.29, 1.82) is 0 Å². The average molecular weight is 172 g/mol. The summed E-state index contributed by atoms with van der Waals surface area (Å²) in [6.07, 6.45) is 9.60. The monoisotopic (exact) mass is 172 g/mol. The molecule has 0 heterocycles. The van der Waals surface area contributed by atoms with Gasteiger partial charge < -0.3 is 5.73 Å². The van der Waals surface area contributed by atoms with Gasteiger partial charge in [-0.15, -0.1) is 0 Å². The number of hydrogen-bond acceptors (Lipinski definition) is 1. The van der Waals surface area contributed by atoms with Crippen molar-refractivity contribution in [2.75, 3.05) is 13.2 Å². The SMILES string of the molecule is NCCCCCCCCCC[O]. The van der Waals surface area contributed by atoms with Gasteiger partial charge in [-0.2, -0.15) is 0 Å². The van der Waals surface area contributed by atoms with E-state index in [1.807, 2.05) is 0 Å². The molecule has 1 radical (unpaired) electrons. The van der Waals surface area contributed by atoms with Gasteiger partial charge in [0.15, 0.2) is 0 Å². The molecular weight excluding hydrogens is 150 g/mol. The largest absolute Gasteiger partial charge is 0.330 e. The van der Waals surface area contributed by atoms with E-state index in [1.54, 1.807) is 0 Å². The summed E-state index contributed by atoms with van der Waals surface area (Å²) in [5.41, 5.74) is 5.37. The molecule has 0 bridgehead atoms. The summed E-state index contributed by atoms with van der Waals surface area (Å²) in [6, 6.07) is 0. The Morgan fingerprint density at radius 2 is 1.08 bits per heavy atom. The summed E-state index contributed by atoms with van der Waals surface area (Å²) < 4.78 is 0. The minimum atomic E-state index is 0.104. The summed E-state index contributed by atoms with van der Waals surface area (Å²) in [5, 5.41) is 10.1. The molecular formula is C10H22NO. The Morgan fingerprint density at radius 1 is 0.667 bits per heavy atom. The summed E-state index contributed by atoms with van der Waals surface area (Å²) in [6.45, 7) is 0.934. The van der Waals surface area contributed by atoms with Crippen LogP contribution in [-0.2, 0) is 5.11 Å². The standard InChI is InChI=1S/C10H22NO/c11-9-7-5-3-1-2-4-6-8-10-12/h1-11H2. The van der Waals surface area contributed by atoms with E-state index in [2.05, 4.69) is 0 Å². The van der Waals surface area contributed by atoms with Crippen LogP contribution in [0.25, 0.3) is 0 Å². The molecule has 0 aromatic heterocycles. The predicted molar refractivity (Wildman–Crippen MR) is 51.5 cm³/mol. The number of nitrogens with two attached hydrogens (primary N) is 1. The first kappa shape index (κ1) is 11.9. The normalized spacial score (nSPS) is 10.5. The molecule has 2 heteroatoms. The Kier molecular flexibility index (Phi) is 10.8. The first-order valence-electron chi connectivity index (χ1n) is 5.20. The molecule has 0 aromatic carbocycles. The molecule has 0 saturated carbocycles. The lowest BCUT2D eigenvalue weighted by atomic mass is 10.1. The Balaban J connectivity index is 2.73. The first-order valence-corrected chi connectivity index (χ1v) is 5.20. The molecule has 0 spiro atoms. The van der Waals surface area contributed by atoms with Crippen LogP contribution in [0.5, 0.6) is 0 Å². The van der Waals surface area contributed by atoms with E-state index in [1.165, 1.54) is 38.5 Å². The van der Waals surface area contributed by atoms with Crippen LogP contribution in [0.1, 0.15) is 51.4 Å². The van der Waals surface area contributed by atoms with E-state index in [0.29, 0.717) is 0 Å². The van der Waals surface area contributed by atoms with Crippen molar-refractivity contribution in [2.24, 2.45) is 5.73 Å². The fourth-order valence-corrected chi connectivity index (χ4v) is 1.31. The second-order valence-corrected chi connectivity index (χ2v) is 3.32. The third kappa shape index (κ3) is 9.92. The highest BCUT2D eigenvalue weighted by atomic mass is 16.2. The summed E-state index contributed by atoms with van der Waals surface area (Å²) in [4.78, 5) is 0. The second kappa shape index (κ2) is 10.9. The van der Waals surface area contributed by atoms with Gasteiger partial charge in [-0.1, -0.05) is 38.5 Å². The van der Waals surface area contributed by atoms with Crippen molar-refractivity contribution in [2.45, 2.75) is 51.4 Å². The Bertz CT molecular complexity index is 66.2. The van der Waals surface area contributed by atoms with E-state index in [0.717, 1.165) is 19.4 Å². The lowest BCUT2D eigenvalue weighted by Gasteiger charge is -1.99. The molecule has 0 unspecified atom stereocenters. The topological polar surface area (TPSA) is 45.9 Å². The minimum Gasteiger partial charge on any atom is -0.330 e. The molecule has 12 heavy (non-hydrogen) atoms. The molecule has 0 aliphatic heterocycles. The van der Waals surface area contributed by atoms with Crippen molar-refractivity contribution < 1.29 is 5.11 Å². The highest BCUT2D eigenvalue weighted by molar-refractivity contribution is 4.46. The number of rotatable bonds is 9. The quantitative estimate of drug-likeness (QED) is 0.534. The predicted octanol–water partition coefficient (Wildman–Crippen LogP) is 2.50. The summed E-state index contributed by atoms with van der Waals surface area (Å²) in [7, 11) is 0. The molecule has 2 nitrogen and oxygen atoms in total. The van der Waals surface area contributed by atoms with Crippen LogP contribution in [0.4, 0.5) is 0 Å². The van der Waals surface area contributed by atoms with Gasteiger partial charge in [-0.3, -0.25) is 0 Å². The van der Waals surface area contributed by atoms with Gasteiger partial charge in [0.1, 0.15) is 0 Å². The molecule has 0 fully saturated rings. The fraction of sp³-hybridized carbons (Fsp3) is 1.00. The first-order chi connectivity index (χ1) is 5.91. The zero-order valence-electron chi connectivity index (χ0n) is 8.06. The highest BCUT2D eigenvalue weighted by Crippen LogP contribution is 2.07. The molecule has 2 N–H and O–H groups in total. The molecule has 0 saturated heterocycles. The van der Waals surface area contributed by atoms with Gasteiger partial charge in [-0.25, -0.2) is 5.11 Å². The average Bonchev–Trinajstić information content (AvgIpc) is 2.10. The highest BCUT2D eigenvalue weighted by Gasteiger charge is 1.90. The van der Waals surface area contributed by atoms with Crippen molar-refractivity contribution in [1.82, 2.24) is 0 Å². The van der Waals surface area contributed by atoms with Gasteiger partial charge in [0, 0.05) is 0 Å². The lowest BCUT2D eigenvalue weighted by molar-refractivity contribution is 0.186. The third-order valence-electron chi connectivity index (χ3n) is 2.10. The second-order valence-electron chi connectivity index (χ2n) is 3.32. The zero-order chi connectivity index (χ0) is 9.07. The molecule has 0 aromatic rings. The fourth-order valence-electron chi connectivity index (χ4n) is 1.31. The smallest absolute Gasteiger partial charge is 0.0822 e. The van der Waals surface area contributed by atoms with Gasteiger partial charge >= 0.3 is 0 Å². The number of hydrogen-bond donors (Lipinski definition) is 1. The maximum atomic E-state index is 10.1. The lowest BCUT2D eigenvalue weighted by Crippen LogP contribution is -1.97. The van der Waals surface area contributed by atoms with Gasteiger partial charge in [0.2, 0.25) is 0 Å². The van der Waals surface area contributed by atoms with Crippen molar-refractivity contribution >= 4 is 0 Å². The van der Waals surface area contributed by atoms with Gasteiger partial charge in [-0.05, 0) is 19.4 Å². The van der Waals surface area contributed by atoms with Crippen molar-refractivity contribution in [3.63, 3.8) is 0 Å². The Labute approximate surface area is 76.2 Å². The van der Waals surface area contributed by atoms with E-state index < -0.39 is 0 Å².